The Morgan fingerprint density at radius 2 is 1.92 bits per heavy atom. The van der Waals surface area contributed by atoms with Gasteiger partial charge in [-0.25, -0.2) is 4.39 Å². The smallest absolute Gasteiger partial charge is 0.394 e. The fraction of sp³-hybridized carbons (Fsp3) is 0.429. The Morgan fingerprint density at radius 3 is 2.36 bits per heavy atom. The van der Waals surface area contributed by atoms with Crippen LogP contribution in [0.3, 0.4) is 0 Å². The number of nitrogens with zero attached hydrogens (tertiary/aromatic N) is 2. The first-order valence-corrected chi connectivity index (χ1v) is 6.96. The summed E-state index contributed by atoms with van der Waals surface area (Å²) in [5.74, 6) is -8.11. The van der Waals surface area contributed by atoms with Gasteiger partial charge in [-0.2, -0.15) is 13.2 Å². The van der Waals surface area contributed by atoms with E-state index in [2.05, 4.69) is 0 Å². The maximum absolute atomic E-state index is 13.5. The quantitative estimate of drug-likeness (QED) is 0.504. The Kier molecular flexibility index (Phi) is 4.69. The second kappa shape index (κ2) is 6.30. The van der Waals surface area contributed by atoms with Crippen LogP contribution in [0.4, 0.5) is 23.2 Å². The van der Waals surface area contributed by atoms with E-state index in [1.165, 1.54) is 6.92 Å². The van der Waals surface area contributed by atoms with Gasteiger partial charge >= 0.3 is 12.1 Å². The number of hydrogen-bond donors (Lipinski definition) is 1. The first-order chi connectivity index (χ1) is 11.4. The molecule has 1 aliphatic heterocycles. The number of aliphatic carboxylic acids is 1. The van der Waals surface area contributed by atoms with Crippen LogP contribution in [-0.2, 0) is 4.79 Å². The van der Waals surface area contributed by atoms with Crippen LogP contribution < -0.4 is 0 Å². The monoisotopic (exact) mass is 364 g/mol. The molecular weight excluding hydrogens is 352 g/mol. The Balaban J connectivity index is 2.43. The molecule has 2 rings (SSSR count). The second-order valence-corrected chi connectivity index (χ2v) is 5.68. The highest BCUT2D eigenvalue weighted by atomic mass is 19.4. The third-order valence-electron chi connectivity index (χ3n) is 4.02. The maximum Gasteiger partial charge on any atom is 0.394 e. The number of hydrogen-bond acceptors (Lipinski definition) is 4. The number of alkyl halides is 3. The number of nitro benzene ring substituents is 1. The third-order valence-corrected chi connectivity index (χ3v) is 4.02. The highest BCUT2D eigenvalue weighted by Crippen LogP contribution is 2.39. The number of rotatable bonds is 3. The van der Waals surface area contributed by atoms with Crippen LogP contribution in [-0.4, -0.2) is 46.1 Å². The number of halogens is 4. The van der Waals surface area contributed by atoms with Crippen LogP contribution in [0.5, 0.6) is 0 Å². The predicted octanol–water partition coefficient (Wildman–Crippen LogP) is 2.38. The van der Waals surface area contributed by atoms with Gasteiger partial charge in [-0.15, -0.1) is 0 Å². The molecule has 1 aromatic rings. The molecule has 1 N–H and O–H groups in total. The standard InChI is InChI=1S/C14H12F4N2O5/c1-6-2-7(15)3-8(11(6)20(24)25)12(21)19-4-9(13(22)23)10(5-19)14(16,17)18/h2-3,9-10H,4-5H2,1H3,(H,22,23)/t9-,10-/m1/s1. The molecule has 2 atom stereocenters. The molecule has 0 bridgehead atoms. The summed E-state index contributed by atoms with van der Waals surface area (Å²) >= 11 is 0. The number of carboxylic acids is 1. The van der Waals surface area contributed by atoms with Gasteiger partial charge in [-0.1, -0.05) is 0 Å². The Labute approximate surface area is 138 Å². The lowest BCUT2D eigenvalue weighted by Crippen LogP contribution is -2.34. The first kappa shape index (κ1) is 18.6. The Hall–Kier alpha value is -2.72. The van der Waals surface area contributed by atoms with Gasteiger partial charge in [0.05, 0.1) is 16.8 Å². The Morgan fingerprint density at radius 1 is 1.32 bits per heavy atom. The zero-order valence-corrected chi connectivity index (χ0v) is 12.7. The molecule has 1 amide bonds. The topological polar surface area (TPSA) is 101 Å². The van der Waals surface area contributed by atoms with Crippen LogP contribution in [0.15, 0.2) is 12.1 Å². The zero-order chi connectivity index (χ0) is 19.1. The van der Waals surface area contributed by atoms with Crippen LogP contribution in [0, 0.1) is 34.7 Å². The fourth-order valence-corrected chi connectivity index (χ4v) is 2.86. The molecule has 1 aromatic carbocycles. The van der Waals surface area contributed by atoms with Gasteiger partial charge in [0.25, 0.3) is 11.6 Å². The highest BCUT2D eigenvalue weighted by molar-refractivity contribution is 5.99. The summed E-state index contributed by atoms with van der Waals surface area (Å²) in [5, 5.41) is 20.0. The van der Waals surface area contributed by atoms with Gasteiger partial charge in [-0.3, -0.25) is 19.7 Å². The van der Waals surface area contributed by atoms with E-state index in [0.29, 0.717) is 11.0 Å². The van der Waals surface area contributed by atoms with Gasteiger partial charge in [0.1, 0.15) is 11.4 Å². The summed E-state index contributed by atoms with van der Waals surface area (Å²) in [6.45, 7) is -0.558. The first-order valence-electron chi connectivity index (χ1n) is 6.96. The summed E-state index contributed by atoms with van der Waals surface area (Å²) in [4.78, 5) is 34.2. The summed E-state index contributed by atoms with van der Waals surface area (Å²) in [7, 11) is 0. The Bertz CT molecular complexity index is 749. The van der Waals surface area contributed by atoms with Crippen molar-refractivity contribution >= 4 is 17.6 Å². The van der Waals surface area contributed by atoms with Crippen molar-refractivity contribution < 1.29 is 37.2 Å². The van der Waals surface area contributed by atoms with E-state index < -0.39 is 65.0 Å². The number of carbonyl (C=O) groups is 2. The van der Waals surface area contributed by atoms with E-state index in [1.807, 2.05) is 0 Å². The number of likely N-dealkylation sites (tertiary alicyclic amines) is 1. The fourth-order valence-electron chi connectivity index (χ4n) is 2.86. The number of aryl methyl sites for hydroxylation is 1. The summed E-state index contributed by atoms with van der Waals surface area (Å²) < 4.78 is 52.5. The largest absolute Gasteiger partial charge is 0.481 e. The van der Waals surface area contributed by atoms with E-state index in [0.717, 1.165) is 6.07 Å². The molecule has 1 heterocycles. The SMILES string of the molecule is Cc1cc(F)cc(C(=O)N2C[C@@H](C(F)(F)F)[C@H](C(=O)O)C2)c1[N+](=O)[O-]. The van der Waals surface area contributed by atoms with Crippen LogP contribution in [0.25, 0.3) is 0 Å². The summed E-state index contributed by atoms with van der Waals surface area (Å²) in [6, 6.07) is 1.38. The van der Waals surface area contributed by atoms with Crippen molar-refractivity contribution in [1.82, 2.24) is 4.90 Å². The molecular formula is C14H12F4N2O5. The number of benzene rings is 1. The minimum absolute atomic E-state index is 0.172. The zero-order valence-electron chi connectivity index (χ0n) is 12.7. The van der Waals surface area contributed by atoms with E-state index in [9.17, 15) is 37.3 Å². The molecule has 1 saturated heterocycles. The van der Waals surface area contributed by atoms with Crippen LogP contribution in [0.2, 0.25) is 0 Å². The molecule has 0 saturated carbocycles. The van der Waals surface area contributed by atoms with Gasteiger partial charge in [-0.05, 0) is 19.1 Å². The summed E-state index contributed by atoms with van der Waals surface area (Å²) in [5.41, 5.74) is -1.61. The molecule has 7 nitrogen and oxygen atoms in total. The number of amides is 1. The number of nitro groups is 1. The lowest BCUT2D eigenvalue weighted by molar-refractivity contribution is -0.385. The van der Waals surface area contributed by atoms with E-state index in [-0.39, 0.29) is 5.56 Å². The van der Waals surface area contributed by atoms with Crippen molar-refractivity contribution in [3.63, 3.8) is 0 Å². The van der Waals surface area contributed by atoms with Gasteiger partial charge in [0.2, 0.25) is 0 Å². The van der Waals surface area contributed by atoms with Crippen molar-refractivity contribution in [2.45, 2.75) is 13.1 Å². The van der Waals surface area contributed by atoms with Crippen LogP contribution >= 0.6 is 0 Å². The molecule has 11 heteroatoms. The molecule has 0 aliphatic carbocycles. The van der Waals surface area contributed by atoms with E-state index in [1.54, 1.807) is 0 Å². The van der Waals surface area contributed by atoms with Gasteiger partial charge < -0.3 is 10.0 Å². The van der Waals surface area contributed by atoms with Crippen molar-refractivity contribution in [3.05, 3.63) is 39.2 Å². The normalized spacial score (nSPS) is 20.6. The lowest BCUT2D eigenvalue weighted by atomic mass is 9.96. The van der Waals surface area contributed by atoms with Crippen molar-refractivity contribution in [2.75, 3.05) is 13.1 Å². The molecule has 0 unspecified atom stereocenters. The van der Waals surface area contributed by atoms with Crippen LogP contribution in [0.1, 0.15) is 15.9 Å². The number of carbonyl (C=O) groups excluding carboxylic acids is 1. The molecule has 136 valence electrons. The van der Waals surface area contributed by atoms with Crippen molar-refractivity contribution in [3.8, 4) is 0 Å². The highest BCUT2D eigenvalue weighted by Gasteiger charge is 2.54. The molecule has 1 aliphatic rings. The third kappa shape index (κ3) is 3.54. The van der Waals surface area contributed by atoms with Crippen molar-refractivity contribution in [1.29, 1.82) is 0 Å². The van der Waals surface area contributed by atoms with Crippen molar-refractivity contribution in [2.24, 2.45) is 11.8 Å². The molecule has 1 fully saturated rings. The second-order valence-electron chi connectivity index (χ2n) is 5.68. The molecule has 0 radical (unpaired) electrons. The number of carboxylic acid groups (broad SMARTS) is 1. The predicted molar refractivity (Wildman–Crippen MR) is 74.4 cm³/mol. The molecule has 0 aromatic heterocycles. The average molecular weight is 364 g/mol. The van der Waals surface area contributed by atoms with Gasteiger partial charge in [0.15, 0.2) is 0 Å². The minimum Gasteiger partial charge on any atom is -0.481 e. The van der Waals surface area contributed by atoms with E-state index in [4.69, 9.17) is 5.11 Å². The average Bonchev–Trinajstić information content (AvgIpc) is 2.90. The minimum atomic E-state index is -4.86. The molecule has 0 spiro atoms. The lowest BCUT2D eigenvalue weighted by Gasteiger charge is -2.18. The maximum atomic E-state index is 13.5. The molecule has 25 heavy (non-hydrogen) atoms. The van der Waals surface area contributed by atoms with E-state index >= 15 is 0 Å². The summed E-state index contributed by atoms with van der Waals surface area (Å²) in [6.07, 6.45) is -4.86. The van der Waals surface area contributed by atoms with Gasteiger partial charge in [0, 0.05) is 18.7 Å².